The van der Waals surface area contributed by atoms with Gasteiger partial charge in [-0.15, -0.1) is 12.4 Å². The fraction of sp³-hybridized carbons (Fsp3) is 0.353. The highest BCUT2D eigenvalue weighted by molar-refractivity contribution is 7.07. The van der Waals surface area contributed by atoms with Crippen LogP contribution >= 0.6 is 23.7 Å². The van der Waals surface area contributed by atoms with Crippen molar-refractivity contribution in [3.05, 3.63) is 58.3 Å². The first-order chi connectivity index (χ1) is 11.1. The summed E-state index contributed by atoms with van der Waals surface area (Å²) in [4.78, 5) is 14.1. The molecule has 0 aliphatic rings. The van der Waals surface area contributed by atoms with Gasteiger partial charge in [-0.25, -0.2) is 0 Å². The largest absolute Gasteiger partial charge is 0.387 e. The number of carbonyl (C=O) groups excluding carboxylic acids is 1. The summed E-state index contributed by atoms with van der Waals surface area (Å²) < 4.78 is 4.97. The van der Waals surface area contributed by atoms with E-state index in [2.05, 4.69) is 0 Å². The Bertz CT molecular complexity index is 595. The van der Waals surface area contributed by atoms with Crippen molar-refractivity contribution >= 4 is 29.7 Å². The van der Waals surface area contributed by atoms with Gasteiger partial charge in [-0.1, -0.05) is 30.3 Å². The maximum Gasteiger partial charge on any atom is 0.242 e. The van der Waals surface area contributed by atoms with Crippen molar-refractivity contribution < 1.29 is 14.6 Å². The first kappa shape index (κ1) is 20.6. The molecule has 0 bridgehead atoms. The van der Waals surface area contributed by atoms with Gasteiger partial charge in [0.2, 0.25) is 5.91 Å². The van der Waals surface area contributed by atoms with Crippen molar-refractivity contribution in [1.29, 1.82) is 0 Å². The molecule has 0 saturated carbocycles. The van der Waals surface area contributed by atoms with Crippen LogP contribution in [0.15, 0.2) is 47.2 Å². The molecular formula is C17H23ClN2O3S. The minimum atomic E-state index is -0.738. The maximum absolute atomic E-state index is 12.6. The third kappa shape index (κ3) is 5.89. The van der Waals surface area contributed by atoms with Crippen LogP contribution in [0.3, 0.4) is 0 Å². The number of aliphatic hydroxyl groups excluding tert-OH is 1. The van der Waals surface area contributed by atoms with Crippen molar-refractivity contribution in [2.75, 3.05) is 20.3 Å². The summed E-state index contributed by atoms with van der Waals surface area (Å²) in [6.07, 6.45) is -0.733. The minimum Gasteiger partial charge on any atom is -0.387 e. The number of thiophene rings is 1. The molecule has 2 unspecified atom stereocenters. The number of hydrogen-bond donors (Lipinski definition) is 2. The molecule has 1 aromatic carbocycles. The van der Waals surface area contributed by atoms with E-state index in [9.17, 15) is 9.90 Å². The molecule has 0 aliphatic carbocycles. The molecule has 0 aliphatic heterocycles. The van der Waals surface area contributed by atoms with Gasteiger partial charge in [0.15, 0.2) is 0 Å². The van der Waals surface area contributed by atoms with E-state index in [0.717, 1.165) is 11.1 Å². The Morgan fingerprint density at radius 1 is 1.33 bits per heavy atom. The van der Waals surface area contributed by atoms with Gasteiger partial charge in [0.25, 0.3) is 0 Å². The zero-order chi connectivity index (χ0) is 16.7. The summed E-state index contributed by atoms with van der Waals surface area (Å²) in [5.41, 5.74) is 7.68. The van der Waals surface area contributed by atoms with E-state index in [1.165, 1.54) is 18.4 Å². The predicted molar refractivity (Wildman–Crippen MR) is 98.2 cm³/mol. The van der Waals surface area contributed by atoms with Crippen molar-refractivity contribution in [3.63, 3.8) is 0 Å². The number of aliphatic hydroxyl groups is 1. The second kappa shape index (κ2) is 10.4. The lowest BCUT2D eigenvalue weighted by Crippen LogP contribution is -2.47. The van der Waals surface area contributed by atoms with E-state index in [1.54, 1.807) is 4.90 Å². The van der Waals surface area contributed by atoms with Crippen LogP contribution in [-0.2, 0) is 16.1 Å². The van der Waals surface area contributed by atoms with Crippen LogP contribution in [0.4, 0.5) is 0 Å². The van der Waals surface area contributed by atoms with Crippen LogP contribution in [0.25, 0.3) is 0 Å². The summed E-state index contributed by atoms with van der Waals surface area (Å²) in [5.74, 6) is -0.231. The highest BCUT2D eigenvalue weighted by Crippen LogP contribution is 2.19. The molecule has 1 heterocycles. The highest BCUT2D eigenvalue weighted by atomic mass is 35.5. The van der Waals surface area contributed by atoms with Crippen LogP contribution < -0.4 is 5.73 Å². The summed E-state index contributed by atoms with van der Waals surface area (Å²) in [5, 5.41) is 14.1. The van der Waals surface area contributed by atoms with Gasteiger partial charge in [-0.2, -0.15) is 11.3 Å². The van der Waals surface area contributed by atoms with Crippen LogP contribution in [0.2, 0.25) is 0 Å². The number of halogens is 1. The van der Waals surface area contributed by atoms with Gasteiger partial charge < -0.3 is 20.5 Å². The molecule has 2 aromatic rings. The molecule has 0 fully saturated rings. The average Bonchev–Trinajstić information content (AvgIpc) is 3.09. The monoisotopic (exact) mass is 370 g/mol. The van der Waals surface area contributed by atoms with Gasteiger partial charge in [0, 0.05) is 13.7 Å². The normalized spacial score (nSPS) is 13.0. The summed E-state index contributed by atoms with van der Waals surface area (Å²) >= 11 is 1.51. The molecule has 0 radical (unpaired) electrons. The summed E-state index contributed by atoms with van der Waals surface area (Å²) in [6.45, 7) is 0.749. The number of nitrogens with two attached hydrogens (primary N) is 1. The molecule has 5 nitrogen and oxygen atoms in total. The van der Waals surface area contributed by atoms with E-state index in [0.29, 0.717) is 6.54 Å². The number of hydrogen-bond acceptors (Lipinski definition) is 5. The topological polar surface area (TPSA) is 75.8 Å². The van der Waals surface area contributed by atoms with Gasteiger partial charge in [-0.3, -0.25) is 4.79 Å². The molecule has 2 atom stereocenters. The number of carbonyl (C=O) groups is 1. The number of rotatable bonds is 8. The Morgan fingerprint density at radius 2 is 2.04 bits per heavy atom. The number of ether oxygens (including phenoxy) is 1. The number of methoxy groups -OCH3 is 1. The van der Waals surface area contributed by atoms with E-state index in [4.69, 9.17) is 10.5 Å². The second-order valence-electron chi connectivity index (χ2n) is 5.34. The number of nitrogens with zero attached hydrogens (tertiary/aromatic N) is 1. The third-order valence-corrected chi connectivity index (χ3v) is 4.21. The Hall–Kier alpha value is -1.44. The van der Waals surface area contributed by atoms with Gasteiger partial charge in [0.1, 0.15) is 6.04 Å². The first-order valence-electron chi connectivity index (χ1n) is 7.39. The van der Waals surface area contributed by atoms with E-state index < -0.39 is 12.1 Å². The Balaban J connectivity index is 0.00000288. The Morgan fingerprint density at radius 3 is 2.62 bits per heavy atom. The first-order valence-corrected chi connectivity index (χ1v) is 8.33. The number of benzene rings is 1. The van der Waals surface area contributed by atoms with Crippen molar-refractivity contribution in [1.82, 2.24) is 4.90 Å². The third-order valence-electron chi connectivity index (χ3n) is 3.51. The fourth-order valence-electron chi connectivity index (χ4n) is 2.30. The molecule has 2 rings (SSSR count). The van der Waals surface area contributed by atoms with Gasteiger partial charge in [-0.05, 0) is 28.0 Å². The van der Waals surface area contributed by atoms with Crippen molar-refractivity contribution in [2.24, 2.45) is 5.73 Å². The Labute approximate surface area is 152 Å². The zero-order valence-corrected chi connectivity index (χ0v) is 15.1. The summed E-state index contributed by atoms with van der Waals surface area (Å²) in [7, 11) is 1.51. The van der Waals surface area contributed by atoms with Gasteiger partial charge in [0.05, 0.1) is 19.3 Å². The Kier molecular flexibility index (Phi) is 8.95. The van der Waals surface area contributed by atoms with E-state index in [1.807, 2.05) is 47.2 Å². The van der Waals surface area contributed by atoms with Crippen LogP contribution in [0, 0.1) is 0 Å². The standard InChI is InChI=1S/C17H22N2O3S.ClH/c1-22-11-15(18)17(21)19(9-13-5-3-2-4-6-13)10-16(20)14-7-8-23-12-14;/h2-8,12,15-16,20H,9-11,18H2,1H3;1H. The molecule has 0 spiro atoms. The SMILES string of the molecule is COCC(N)C(=O)N(Cc1ccccc1)CC(O)c1ccsc1.Cl. The minimum absolute atomic E-state index is 0. The van der Waals surface area contributed by atoms with Crippen LogP contribution in [0.5, 0.6) is 0 Å². The van der Waals surface area contributed by atoms with Gasteiger partial charge >= 0.3 is 0 Å². The molecular weight excluding hydrogens is 348 g/mol. The fourth-order valence-corrected chi connectivity index (χ4v) is 3.01. The van der Waals surface area contributed by atoms with Crippen molar-refractivity contribution in [3.8, 4) is 0 Å². The molecule has 132 valence electrons. The lowest BCUT2D eigenvalue weighted by Gasteiger charge is -2.27. The number of amides is 1. The molecule has 7 heteroatoms. The highest BCUT2D eigenvalue weighted by Gasteiger charge is 2.24. The average molecular weight is 371 g/mol. The predicted octanol–water partition coefficient (Wildman–Crippen LogP) is 2.21. The summed E-state index contributed by atoms with van der Waals surface area (Å²) in [6, 6.07) is 10.8. The maximum atomic E-state index is 12.6. The molecule has 24 heavy (non-hydrogen) atoms. The lowest BCUT2D eigenvalue weighted by molar-refractivity contribution is -0.136. The van der Waals surface area contributed by atoms with E-state index >= 15 is 0 Å². The molecule has 0 saturated heterocycles. The zero-order valence-electron chi connectivity index (χ0n) is 13.5. The van der Waals surface area contributed by atoms with Crippen LogP contribution in [0.1, 0.15) is 17.2 Å². The smallest absolute Gasteiger partial charge is 0.242 e. The lowest BCUT2D eigenvalue weighted by atomic mass is 10.1. The second-order valence-corrected chi connectivity index (χ2v) is 6.12. The molecule has 1 aromatic heterocycles. The molecule has 1 amide bonds. The van der Waals surface area contributed by atoms with Crippen molar-refractivity contribution in [2.45, 2.75) is 18.7 Å². The molecule has 3 N–H and O–H groups in total. The van der Waals surface area contributed by atoms with E-state index in [-0.39, 0.29) is 31.5 Å². The van der Waals surface area contributed by atoms with Crippen LogP contribution in [-0.4, -0.2) is 42.2 Å². The quantitative estimate of drug-likeness (QED) is 0.747.